The van der Waals surface area contributed by atoms with Crippen molar-refractivity contribution in [2.24, 2.45) is 11.7 Å². The third-order valence-electron chi connectivity index (χ3n) is 1.78. The maximum atomic E-state index is 5.76. The van der Waals surface area contributed by atoms with E-state index < -0.39 is 0 Å². The fourth-order valence-electron chi connectivity index (χ4n) is 1.40. The second-order valence-corrected chi connectivity index (χ2v) is 4.12. The van der Waals surface area contributed by atoms with Crippen LogP contribution in [0.2, 0.25) is 0 Å². The van der Waals surface area contributed by atoms with E-state index in [-0.39, 0.29) is 6.04 Å². The van der Waals surface area contributed by atoms with E-state index in [1.54, 1.807) is 7.11 Å². The first-order valence-electron chi connectivity index (χ1n) is 5.03. The summed E-state index contributed by atoms with van der Waals surface area (Å²) in [6, 6.07) is 0.246. The molecular weight excluding hydrogens is 164 g/mol. The second kappa shape index (κ2) is 7.30. The number of ether oxygens (including phenoxy) is 1. The lowest BCUT2D eigenvalue weighted by Crippen LogP contribution is -2.39. The van der Waals surface area contributed by atoms with Crippen molar-refractivity contribution in [3.8, 4) is 0 Å². The first kappa shape index (κ1) is 12.9. The maximum Gasteiger partial charge on any atom is 0.0589 e. The largest absolute Gasteiger partial charge is 0.383 e. The van der Waals surface area contributed by atoms with E-state index in [0.717, 1.165) is 26.2 Å². The van der Waals surface area contributed by atoms with Crippen LogP contribution >= 0.6 is 0 Å². The van der Waals surface area contributed by atoms with E-state index in [2.05, 4.69) is 18.7 Å². The highest BCUT2D eigenvalue weighted by molar-refractivity contribution is 4.65. The van der Waals surface area contributed by atoms with Gasteiger partial charge in [0.2, 0.25) is 0 Å². The van der Waals surface area contributed by atoms with Crippen LogP contribution in [0, 0.1) is 5.92 Å². The molecule has 0 amide bonds. The first-order valence-corrected chi connectivity index (χ1v) is 5.03. The van der Waals surface area contributed by atoms with Crippen LogP contribution in [0.15, 0.2) is 0 Å². The van der Waals surface area contributed by atoms with Gasteiger partial charge in [0.15, 0.2) is 0 Å². The highest BCUT2D eigenvalue weighted by Gasteiger charge is 2.08. The zero-order valence-corrected chi connectivity index (χ0v) is 9.42. The van der Waals surface area contributed by atoms with E-state index >= 15 is 0 Å². The summed E-state index contributed by atoms with van der Waals surface area (Å²) in [4.78, 5) is 2.36. The lowest BCUT2D eigenvalue weighted by Gasteiger charge is -2.25. The van der Waals surface area contributed by atoms with Crippen LogP contribution in [-0.4, -0.2) is 44.3 Å². The van der Waals surface area contributed by atoms with Gasteiger partial charge >= 0.3 is 0 Å². The molecular formula is C10H24N2O. The Kier molecular flexibility index (Phi) is 7.23. The molecule has 0 saturated heterocycles. The zero-order valence-electron chi connectivity index (χ0n) is 9.42. The van der Waals surface area contributed by atoms with E-state index in [4.69, 9.17) is 10.5 Å². The molecule has 0 aliphatic heterocycles. The van der Waals surface area contributed by atoms with Crippen molar-refractivity contribution in [2.45, 2.75) is 26.8 Å². The lowest BCUT2D eigenvalue weighted by molar-refractivity contribution is 0.137. The van der Waals surface area contributed by atoms with Crippen molar-refractivity contribution in [1.82, 2.24) is 4.90 Å². The molecule has 1 atom stereocenters. The van der Waals surface area contributed by atoms with Crippen LogP contribution in [0.25, 0.3) is 0 Å². The van der Waals surface area contributed by atoms with Crippen molar-refractivity contribution in [2.75, 3.05) is 33.4 Å². The van der Waals surface area contributed by atoms with Crippen LogP contribution < -0.4 is 5.73 Å². The van der Waals surface area contributed by atoms with Gasteiger partial charge in [0, 0.05) is 32.8 Å². The predicted octanol–water partition coefficient (Wildman–Crippen LogP) is 0.938. The van der Waals surface area contributed by atoms with Gasteiger partial charge in [-0.25, -0.2) is 0 Å². The van der Waals surface area contributed by atoms with Gasteiger partial charge in [-0.1, -0.05) is 13.8 Å². The summed E-state index contributed by atoms with van der Waals surface area (Å²) in [5.74, 6) is 0.690. The van der Waals surface area contributed by atoms with Crippen LogP contribution in [0.4, 0.5) is 0 Å². The Morgan fingerprint density at radius 3 is 2.23 bits per heavy atom. The molecule has 0 rings (SSSR count). The van der Waals surface area contributed by atoms with E-state index in [9.17, 15) is 0 Å². The minimum Gasteiger partial charge on any atom is -0.383 e. The first-order chi connectivity index (χ1) is 6.06. The molecule has 80 valence electrons. The summed E-state index contributed by atoms with van der Waals surface area (Å²) < 4.78 is 5.05. The summed E-state index contributed by atoms with van der Waals surface area (Å²) in [6.45, 7) is 10.3. The van der Waals surface area contributed by atoms with E-state index in [1.807, 2.05) is 6.92 Å². The monoisotopic (exact) mass is 188 g/mol. The highest BCUT2D eigenvalue weighted by Crippen LogP contribution is 1.99. The molecule has 3 heteroatoms. The molecule has 0 aromatic rings. The summed E-state index contributed by atoms with van der Waals surface area (Å²) in [7, 11) is 1.74. The molecule has 13 heavy (non-hydrogen) atoms. The lowest BCUT2D eigenvalue weighted by atomic mass is 10.2. The molecule has 2 N–H and O–H groups in total. The topological polar surface area (TPSA) is 38.5 Å². The van der Waals surface area contributed by atoms with Crippen molar-refractivity contribution in [1.29, 1.82) is 0 Å². The molecule has 0 unspecified atom stereocenters. The number of nitrogens with two attached hydrogens (primary N) is 1. The maximum absolute atomic E-state index is 5.76. The molecule has 0 aromatic carbocycles. The summed E-state index contributed by atoms with van der Waals surface area (Å²) >= 11 is 0. The van der Waals surface area contributed by atoms with E-state index in [1.165, 1.54) is 0 Å². The van der Waals surface area contributed by atoms with Gasteiger partial charge in [0.1, 0.15) is 0 Å². The van der Waals surface area contributed by atoms with Crippen molar-refractivity contribution >= 4 is 0 Å². The SMILES string of the molecule is COCCN(CC(C)C)C[C@H](C)N. The molecule has 0 saturated carbocycles. The van der Waals surface area contributed by atoms with Crippen molar-refractivity contribution in [3.05, 3.63) is 0 Å². The molecule has 3 nitrogen and oxygen atoms in total. The van der Waals surface area contributed by atoms with Gasteiger partial charge < -0.3 is 10.5 Å². The normalized spacial score (nSPS) is 14.1. The average molecular weight is 188 g/mol. The van der Waals surface area contributed by atoms with Gasteiger partial charge in [0.05, 0.1) is 6.61 Å². The van der Waals surface area contributed by atoms with Crippen LogP contribution in [0.1, 0.15) is 20.8 Å². The van der Waals surface area contributed by atoms with Crippen LogP contribution in [0.3, 0.4) is 0 Å². The van der Waals surface area contributed by atoms with Gasteiger partial charge in [-0.2, -0.15) is 0 Å². The third kappa shape index (κ3) is 8.22. The van der Waals surface area contributed by atoms with Gasteiger partial charge in [-0.05, 0) is 12.8 Å². The summed E-state index contributed by atoms with van der Waals surface area (Å²) in [6.07, 6.45) is 0. The Balaban J connectivity index is 3.73. The summed E-state index contributed by atoms with van der Waals surface area (Å²) in [5, 5.41) is 0. The quantitative estimate of drug-likeness (QED) is 0.646. The van der Waals surface area contributed by atoms with E-state index in [0.29, 0.717) is 5.92 Å². The number of rotatable bonds is 7. The molecule has 0 fully saturated rings. The molecule has 0 aliphatic rings. The Morgan fingerprint density at radius 2 is 1.85 bits per heavy atom. The fourth-order valence-corrected chi connectivity index (χ4v) is 1.40. The fraction of sp³-hybridized carbons (Fsp3) is 1.00. The summed E-state index contributed by atoms with van der Waals surface area (Å²) in [5.41, 5.74) is 5.76. The highest BCUT2D eigenvalue weighted by atomic mass is 16.5. The standard InChI is InChI=1S/C10H24N2O/c1-9(2)7-12(5-6-13-4)8-10(3)11/h9-10H,5-8,11H2,1-4H3/t10-/m0/s1. The van der Waals surface area contributed by atoms with Gasteiger partial charge in [-0.15, -0.1) is 0 Å². The minimum atomic E-state index is 0.246. The molecule has 0 spiro atoms. The zero-order chi connectivity index (χ0) is 10.3. The molecule has 0 aromatic heterocycles. The minimum absolute atomic E-state index is 0.246. The Bertz CT molecular complexity index is 105. The van der Waals surface area contributed by atoms with Crippen LogP contribution in [0.5, 0.6) is 0 Å². The average Bonchev–Trinajstić information content (AvgIpc) is 1.98. The molecule has 0 bridgehead atoms. The Hall–Kier alpha value is -0.120. The van der Waals surface area contributed by atoms with Gasteiger partial charge in [0.25, 0.3) is 0 Å². The third-order valence-corrected chi connectivity index (χ3v) is 1.78. The smallest absolute Gasteiger partial charge is 0.0589 e. The van der Waals surface area contributed by atoms with Crippen LogP contribution in [-0.2, 0) is 4.74 Å². The Morgan fingerprint density at radius 1 is 1.23 bits per heavy atom. The van der Waals surface area contributed by atoms with Gasteiger partial charge in [-0.3, -0.25) is 4.90 Å². The molecule has 0 radical (unpaired) electrons. The second-order valence-electron chi connectivity index (χ2n) is 4.12. The number of hydrogen-bond acceptors (Lipinski definition) is 3. The number of methoxy groups -OCH3 is 1. The molecule has 0 aliphatic carbocycles. The number of hydrogen-bond donors (Lipinski definition) is 1. The predicted molar refractivity (Wildman–Crippen MR) is 56.8 cm³/mol. The number of nitrogens with zero attached hydrogens (tertiary/aromatic N) is 1. The Labute approximate surface area is 82.2 Å². The van der Waals surface area contributed by atoms with Crippen molar-refractivity contribution < 1.29 is 4.74 Å². The van der Waals surface area contributed by atoms with Crippen molar-refractivity contribution in [3.63, 3.8) is 0 Å². The molecule has 0 heterocycles.